The molecule has 0 amide bonds. The van der Waals surface area contributed by atoms with E-state index in [2.05, 4.69) is 46.2 Å². The maximum atomic E-state index is 3.47. The second-order valence-electron chi connectivity index (χ2n) is 3.32. The Kier molecular flexibility index (Phi) is 4.99. The van der Waals surface area contributed by atoms with Crippen molar-refractivity contribution in [2.24, 2.45) is 0 Å². The molecular formula is C10H16BrNS. The lowest BCUT2D eigenvalue weighted by Gasteiger charge is -2.14. The molecule has 1 aromatic heterocycles. The molecule has 1 aromatic rings. The predicted molar refractivity (Wildman–Crippen MR) is 63.3 cm³/mol. The van der Waals surface area contributed by atoms with Gasteiger partial charge in [0.1, 0.15) is 0 Å². The second kappa shape index (κ2) is 5.78. The summed E-state index contributed by atoms with van der Waals surface area (Å²) < 4.78 is 1.20. The van der Waals surface area contributed by atoms with Crippen LogP contribution in [0.5, 0.6) is 0 Å². The van der Waals surface area contributed by atoms with E-state index >= 15 is 0 Å². The van der Waals surface area contributed by atoms with Gasteiger partial charge in [-0.15, -0.1) is 11.3 Å². The molecule has 1 heterocycles. The Labute approximate surface area is 92.9 Å². The fourth-order valence-electron chi connectivity index (χ4n) is 1.21. The summed E-state index contributed by atoms with van der Waals surface area (Å²) in [6.07, 6.45) is 2.57. The lowest BCUT2D eigenvalue weighted by molar-refractivity contribution is 0.323. The molecule has 0 unspecified atom stereocenters. The van der Waals surface area contributed by atoms with Gasteiger partial charge in [-0.05, 0) is 42.0 Å². The zero-order chi connectivity index (χ0) is 9.68. The highest BCUT2D eigenvalue weighted by Gasteiger charge is 2.01. The number of halogens is 1. The maximum absolute atomic E-state index is 3.47. The van der Waals surface area contributed by atoms with Crippen LogP contribution in [0, 0.1) is 0 Å². The minimum Gasteiger partial charge on any atom is -0.301 e. The Morgan fingerprint density at radius 3 is 2.85 bits per heavy atom. The van der Waals surface area contributed by atoms with Crippen LogP contribution in [0.3, 0.4) is 0 Å². The van der Waals surface area contributed by atoms with Gasteiger partial charge in [0.15, 0.2) is 0 Å². The van der Waals surface area contributed by atoms with Crippen molar-refractivity contribution in [3.63, 3.8) is 0 Å². The molecule has 0 radical (unpaired) electrons. The van der Waals surface area contributed by atoms with E-state index in [0.717, 1.165) is 6.54 Å². The zero-order valence-electron chi connectivity index (χ0n) is 8.22. The summed E-state index contributed by atoms with van der Waals surface area (Å²) >= 11 is 5.29. The van der Waals surface area contributed by atoms with E-state index in [4.69, 9.17) is 0 Å². The van der Waals surface area contributed by atoms with E-state index in [1.54, 1.807) is 0 Å². The third-order valence-electron chi connectivity index (χ3n) is 1.94. The molecule has 0 atom stereocenters. The Morgan fingerprint density at radius 1 is 1.54 bits per heavy atom. The topological polar surface area (TPSA) is 3.24 Å². The monoisotopic (exact) mass is 261 g/mol. The Hall–Kier alpha value is 0.140. The first-order chi connectivity index (χ1) is 6.22. The van der Waals surface area contributed by atoms with Crippen molar-refractivity contribution in [2.45, 2.75) is 26.3 Å². The smallest absolute Gasteiger partial charge is 0.0325 e. The van der Waals surface area contributed by atoms with Crippen molar-refractivity contribution < 1.29 is 0 Å². The first-order valence-electron chi connectivity index (χ1n) is 4.64. The standard InChI is InChI=1S/C10H16BrNS/c1-3-4-5-12(2)7-10-6-9(11)8-13-10/h6,8H,3-5,7H2,1-2H3. The molecule has 74 valence electrons. The SMILES string of the molecule is CCCCN(C)Cc1cc(Br)cs1. The molecule has 1 rings (SSSR count). The zero-order valence-corrected chi connectivity index (χ0v) is 10.6. The normalized spacial score (nSPS) is 11.1. The van der Waals surface area contributed by atoms with Gasteiger partial charge in [-0.25, -0.2) is 0 Å². The number of hydrogen-bond acceptors (Lipinski definition) is 2. The van der Waals surface area contributed by atoms with Crippen molar-refractivity contribution in [3.05, 3.63) is 20.8 Å². The van der Waals surface area contributed by atoms with E-state index in [9.17, 15) is 0 Å². The van der Waals surface area contributed by atoms with Crippen molar-refractivity contribution in [3.8, 4) is 0 Å². The van der Waals surface area contributed by atoms with Crippen LogP contribution < -0.4 is 0 Å². The van der Waals surface area contributed by atoms with Crippen LogP contribution in [0.15, 0.2) is 15.9 Å². The van der Waals surface area contributed by atoms with Gasteiger partial charge in [-0.1, -0.05) is 13.3 Å². The molecule has 13 heavy (non-hydrogen) atoms. The lowest BCUT2D eigenvalue weighted by Crippen LogP contribution is -2.18. The quantitative estimate of drug-likeness (QED) is 0.781. The Bertz CT molecular complexity index is 247. The van der Waals surface area contributed by atoms with E-state index in [1.807, 2.05) is 11.3 Å². The van der Waals surface area contributed by atoms with Crippen LogP contribution in [0.2, 0.25) is 0 Å². The van der Waals surface area contributed by atoms with Gasteiger partial charge in [0.05, 0.1) is 0 Å². The summed E-state index contributed by atoms with van der Waals surface area (Å²) in [5.41, 5.74) is 0. The summed E-state index contributed by atoms with van der Waals surface area (Å²) in [6, 6.07) is 2.20. The molecule has 3 heteroatoms. The first-order valence-corrected chi connectivity index (χ1v) is 6.31. The molecule has 0 aromatic carbocycles. The Balaban J connectivity index is 2.31. The highest BCUT2D eigenvalue weighted by molar-refractivity contribution is 9.10. The van der Waals surface area contributed by atoms with E-state index in [0.29, 0.717) is 0 Å². The van der Waals surface area contributed by atoms with Crippen LogP contribution in [0.25, 0.3) is 0 Å². The minimum atomic E-state index is 1.08. The number of nitrogens with zero attached hydrogens (tertiary/aromatic N) is 1. The summed E-state index contributed by atoms with van der Waals surface area (Å²) in [5, 5.41) is 2.14. The highest BCUT2D eigenvalue weighted by atomic mass is 79.9. The van der Waals surface area contributed by atoms with Crippen molar-refractivity contribution in [1.29, 1.82) is 0 Å². The van der Waals surface area contributed by atoms with Gasteiger partial charge in [0, 0.05) is 21.3 Å². The van der Waals surface area contributed by atoms with Gasteiger partial charge in [0.25, 0.3) is 0 Å². The van der Waals surface area contributed by atoms with Crippen LogP contribution in [-0.4, -0.2) is 18.5 Å². The van der Waals surface area contributed by atoms with Crippen LogP contribution >= 0.6 is 27.3 Å². The summed E-state index contributed by atoms with van der Waals surface area (Å²) in [4.78, 5) is 3.81. The second-order valence-corrected chi connectivity index (χ2v) is 5.23. The average molecular weight is 262 g/mol. The van der Waals surface area contributed by atoms with Crippen molar-refractivity contribution in [2.75, 3.05) is 13.6 Å². The average Bonchev–Trinajstić information content (AvgIpc) is 2.48. The fourth-order valence-corrected chi connectivity index (χ4v) is 2.74. The molecule has 0 aliphatic carbocycles. The molecule has 0 aliphatic rings. The molecular weight excluding hydrogens is 246 g/mol. The van der Waals surface area contributed by atoms with Gasteiger partial charge in [0.2, 0.25) is 0 Å². The van der Waals surface area contributed by atoms with E-state index < -0.39 is 0 Å². The molecule has 0 N–H and O–H groups in total. The third-order valence-corrected chi connectivity index (χ3v) is 3.62. The maximum Gasteiger partial charge on any atom is 0.0325 e. The fraction of sp³-hybridized carbons (Fsp3) is 0.600. The predicted octanol–water partition coefficient (Wildman–Crippen LogP) is 3.74. The molecule has 0 fully saturated rings. The number of unbranched alkanes of at least 4 members (excludes halogenated alkanes) is 1. The molecule has 0 saturated carbocycles. The number of hydrogen-bond donors (Lipinski definition) is 0. The van der Waals surface area contributed by atoms with Gasteiger partial charge in [-0.2, -0.15) is 0 Å². The van der Waals surface area contributed by atoms with Gasteiger partial charge in [-0.3, -0.25) is 0 Å². The van der Waals surface area contributed by atoms with Crippen LogP contribution in [0.1, 0.15) is 24.6 Å². The lowest BCUT2D eigenvalue weighted by atomic mass is 10.3. The number of thiophene rings is 1. The van der Waals surface area contributed by atoms with Crippen molar-refractivity contribution >= 4 is 27.3 Å². The first kappa shape index (κ1) is 11.2. The van der Waals surface area contributed by atoms with Crippen molar-refractivity contribution in [1.82, 2.24) is 4.90 Å². The van der Waals surface area contributed by atoms with Crippen LogP contribution in [-0.2, 0) is 6.54 Å². The van der Waals surface area contributed by atoms with E-state index in [-0.39, 0.29) is 0 Å². The largest absolute Gasteiger partial charge is 0.301 e. The molecule has 1 nitrogen and oxygen atoms in total. The Morgan fingerprint density at radius 2 is 2.31 bits per heavy atom. The third kappa shape index (κ3) is 4.25. The summed E-state index contributed by atoms with van der Waals surface area (Å²) in [6.45, 7) is 4.51. The summed E-state index contributed by atoms with van der Waals surface area (Å²) in [5.74, 6) is 0. The number of rotatable bonds is 5. The summed E-state index contributed by atoms with van der Waals surface area (Å²) in [7, 11) is 2.18. The molecule has 0 spiro atoms. The van der Waals surface area contributed by atoms with E-state index in [1.165, 1.54) is 28.7 Å². The minimum absolute atomic E-state index is 1.08. The molecule has 0 bridgehead atoms. The van der Waals surface area contributed by atoms with Gasteiger partial charge < -0.3 is 4.90 Å². The van der Waals surface area contributed by atoms with Gasteiger partial charge >= 0.3 is 0 Å². The molecule has 0 saturated heterocycles. The van der Waals surface area contributed by atoms with Crippen LogP contribution in [0.4, 0.5) is 0 Å². The molecule has 0 aliphatic heterocycles. The highest BCUT2D eigenvalue weighted by Crippen LogP contribution is 2.20.